The molecule has 1 fully saturated rings. The summed E-state index contributed by atoms with van der Waals surface area (Å²) in [6.07, 6.45) is 4.03. The van der Waals surface area contributed by atoms with Gasteiger partial charge in [0.05, 0.1) is 0 Å². The zero-order valence-corrected chi connectivity index (χ0v) is 5.70. The van der Waals surface area contributed by atoms with E-state index in [4.69, 9.17) is 0 Å². The lowest BCUT2D eigenvalue weighted by Crippen LogP contribution is -2.32. The van der Waals surface area contributed by atoms with Crippen molar-refractivity contribution < 1.29 is 0 Å². The van der Waals surface area contributed by atoms with E-state index in [-0.39, 0.29) is 0 Å². The average molecular weight is 112 g/mol. The van der Waals surface area contributed by atoms with E-state index in [0.717, 1.165) is 0 Å². The fourth-order valence-corrected chi connectivity index (χ4v) is 0.906. The highest BCUT2D eigenvalue weighted by molar-refractivity contribution is 4.96. The largest absolute Gasteiger partial charge is 0.307 e. The van der Waals surface area contributed by atoms with E-state index in [9.17, 15) is 0 Å². The summed E-state index contributed by atoms with van der Waals surface area (Å²) in [5, 5.41) is 3.40. The zero-order chi connectivity index (χ0) is 5.98. The highest BCUT2D eigenvalue weighted by Crippen LogP contribution is 2.25. The van der Waals surface area contributed by atoms with Crippen LogP contribution >= 0.6 is 0 Å². The summed E-state index contributed by atoms with van der Waals surface area (Å²) >= 11 is 0. The van der Waals surface area contributed by atoms with Crippen molar-refractivity contribution >= 4 is 0 Å². The van der Waals surface area contributed by atoms with Crippen LogP contribution in [-0.4, -0.2) is 6.04 Å². The first-order valence-corrected chi connectivity index (χ1v) is 3.40. The average Bonchev–Trinajstić information content (AvgIpc) is 1.55. The first kappa shape index (κ1) is 6.09. The maximum absolute atomic E-state index is 3.40. The second-order valence-corrected chi connectivity index (χ2v) is 2.76. The summed E-state index contributed by atoms with van der Waals surface area (Å²) in [6, 6.07) is 2.20. The number of hydrogen-bond acceptors (Lipinski definition) is 1. The fraction of sp³-hybridized carbons (Fsp3) is 0.857. The fourth-order valence-electron chi connectivity index (χ4n) is 0.906. The van der Waals surface area contributed by atoms with Gasteiger partial charge in [-0.25, -0.2) is 0 Å². The van der Waals surface area contributed by atoms with Crippen molar-refractivity contribution in [3.05, 3.63) is 6.04 Å². The minimum absolute atomic E-state index is 0.644. The minimum atomic E-state index is 0.644. The monoisotopic (exact) mass is 112 g/mol. The van der Waals surface area contributed by atoms with Gasteiger partial charge in [-0.3, -0.25) is 0 Å². The molecule has 0 atom stereocenters. The van der Waals surface area contributed by atoms with Crippen molar-refractivity contribution in [2.24, 2.45) is 0 Å². The van der Waals surface area contributed by atoms with Gasteiger partial charge in [0.2, 0.25) is 0 Å². The molecule has 1 aliphatic rings. The van der Waals surface area contributed by atoms with Crippen LogP contribution in [0.5, 0.6) is 0 Å². The van der Waals surface area contributed by atoms with E-state index in [1.165, 1.54) is 19.3 Å². The standard InChI is InChI=1S/C7H14N/c1-6(2)8-7-4-3-5-7/h6,8H,3-5H2,1-2H3. The maximum Gasteiger partial charge on any atom is 0.0366 e. The Kier molecular flexibility index (Phi) is 1.90. The van der Waals surface area contributed by atoms with Crippen molar-refractivity contribution in [1.82, 2.24) is 5.32 Å². The van der Waals surface area contributed by atoms with Crippen molar-refractivity contribution in [2.75, 3.05) is 0 Å². The molecule has 1 radical (unpaired) electrons. The Balaban J connectivity index is 2.01. The van der Waals surface area contributed by atoms with Gasteiger partial charge < -0.3 is 5.32 Å². The number of rotatable bonds is 2. The quantitative estimate of drug-likeness (QED) is 0.573. The van der Waals surface area contributed by atoms with Gasteiger partial charge in [0, 0.05) is 12.1 Å². The van der Waals surface area contributed by atoms with E-state index in [2.05, 4.69) is 19.2 Å². The highest BCUT2D eigenvalue weighted by atomic mass is 14.9. The van der Waals surface area contributed by atoms with Crippen LogP contribution in [0.3, 0.4) is 0 Å². The molecule has 0 heterocycles. The molecular weight excluding hydrogens is 98.1 g/mol. The molecule has 0 saturated heterocycles. The lowest BCUT2D eigenvalue weighted by atomic mass is 9.93. The van der Waals surface area contributed by atoms with Gasteiger partial charge in [0.1, 0.15) is 0 Å². The third kappa shape index (κ3) is 1.48. The molecule has 47 valence electrons. The number of hydrogen-bond donors (Lipinski definition) is 1. The van der Waals surface area contributed by atoms with Crippen LogP contribution in [0.2, 0.25) is 0 Å². The van der Waals surface area contributed by atoms with Crippen molar-refractivity contribution in [2.45, 2.75) is 39.2 Å². The van der Waals surface area contributed by atoms with Gasteiger partial charge in [0.25, 0.3) is 0 Å². The van der Waals surface area contributed by atoms with Crippen LogP contribution in [0, 0.1) is 6.04 Å². The lowest BCUT2D eigenvalue weighted by Gasteiger charge is -2.27. The van der Waals surface area contributed by atoms with Gasteiger partial charge in [-0.15, -0.1) is 0 Å². The van der Waals surface area contributed by atoms with Gasteiger partial charge in [-0.2, -0.15) is 0 Å². The molecule has 0 aromatic heterocycles. The third-order valence-electron chi connectivity index (χ3n) is 1.45. The molecule has 0 aliphatic heterocycles. The molecule has 1 aliphatic carbocycles. The van der Waals surface area contributed by atoms with Gasteiger partial charge >= 0.3 is 0 Å². The van der Waals surface area contributed by atoms with Crippen LogP contribution in [0.15, 0.2) is 0 Å². The van der Waals surface area contributed by atoms with Crippen LogP contribution in [-0.2, 0) is 0 Å². The molecule has 8 heavy (non-hydrogen) atoms. The van der Waals surface area contributed by atoms with Crippen LogP contribution < -0.4 is 5.32 Å². The van der Waals surface area contributed by atoms with E-state index >= 15 is 0 Å². The molecule has 0 spiro atoms. The van der Waals surface area contributed by atoms with Crippen LogP contribution in [0.4, 0.5) is 0 Å². The Morgan fingerprint density at radius 3 is 2.12 bits per heavy atom. The van der Waals surface area contributed by atoms with Crippen LogP contribution in [0.25, 0.3) is 0 Å². The number of nitrogens with one attached hydrogen (secondary N) is 1. The Hall–Kier alpha value is -0.0400. The third-order valence-corrected chi connectivity index (χ3v) is 1.45. The first-order valence-electron chi connectivity index (χ1n) is 3.40. The summed E-state index contributed by atoms with van der Waals surface area (Å²) in [6.45, 7) is 4.37. The topological polar surface area (TPSA) is 12.0 Å². The summed E-state index contributed by atoms with van der Waals surface area (Å²) in [4.78, 5) is 0. The molecule has 0 amide bonds. The van der Waals surface area contributed by atoms with Crippen molar-refractivity contribution in [3.63, 3.8) is 0 Å². The van der Waals surface area contributed by atoms with E-state index in [0.29, 0.717) is 6.04 Å². The first-order chi connectivity index (χ1) is 3.79. The van der Waals surface area contributed by atoms with E-state index < -0.39 is 0 Å². The van der Waals surface area contributed by atoms with E-state index in [1.807, 2.05) is 0 Å². The second kappa shape index (κ2) is 2.49. The van der Waals surface area contributed by atoms with E-state index in [1.54, 1.807) is 6.04 Å². The normalized spacial score (nSPS) is 21.4. The zero-order valence-electron chi connectivity index (χ0n) is 5.70. The molecule has 0 bridgehead atoms. The highest BCUT2D eigenvalue weighted by Gasteiger charge is 2.17. The molecule has 0 aromatic rings. The summed E-state index contributed by atoms with van der Waals surface area (Å²) in [7, 11) is 0. The maximum atomic E-state index is 3.40. The molecule has 0 aromatic carbocycles. The molecule has 0 unspecified atom stereocenters. The predicted molar refractivity (Wildman–Crippen MR) is 35.4 cm³/mol. The summed E-state index contributed by atoms with van der Waals surface area (Å²) in [5.41, 5.74) is 0. The van der Waals surface area contributed by atoms with Crippen molar-refractivity contribution in [3.8, 4) is 0 Å². The molecule has 1 nitrogen and oxygen atoms in total. The Morgan fingerprint density at radius 2 is 2.00 bits per heavy atom. The summed E-state index contributed by atoms with van der Waals surface area (Å²) < 4.78 is 0. The second-order valence-electron chi connectivity index (χ2n) is 2.76. The molecule has 1 heteroatoms. The molecule has 1 N–H and O–H groups in total. The SMILES string of the molecule is CC(C)N[C]1CCC1. The predicted octanol–water partition coefficient (Wildman–Crippen LogP) is 1.70. The van der Waals surface area contributed by atoms with Gasteiger partial charge in [-0.05, 0) is 19.3 Å². The smallest absolute Gasteiger partial charge is 0.0366 e. The van der Waals surface area contributed by atoms with Crippen LogP contribution in [0.1, 0.15) is 33.1 Å². The molecule has 1 rings (SSSR count). The molecular formula is C7H14N. The Bertz CT molecular complexity index is 64.8. The van der Waals surface area contributed by atoms with Crippen molar-refractivity contribution in [1.29, 1.82) is 0 Å². The van der Waals surface area contributed by atoms with Gasteiger partial charge in [-0.1, -0.05) is 13.8 Å². The minimum Gasteiger partial charge on any atom is -0.307 e. The lowest BCUT2D eigenvalue weighted by molar-refractivity contribution is 0.432. The molecule has 1 saturated carbocycles. The Morgan fingerprint density at radius 1 is 1.38 bits per heavy atom. The van der Waals surface area contributed by atoms with Gasteiger partial charge in [0.15, 0.2) is 0 Å². The summed E-state index contributed by atoms with van der Waals surface area (Å²) in [5.74, 6) is 0. The Labute approximate surface area is 51.5 Å².